The summed E-state index contributed by atoms with van der Waals surface area (Å²) in [6.45, 7) is 7.86. The average Bonchev–Trinajstić information content (AvgIpc) is 2.52. The molecule has 23 heavy (non-hydrogen) atoms. The minimum absolute atomic E-state index is 0.148. The molecular formula is C19H23NO2S. The summed E-state index contributed by atoms with van der Waals surface area (Å²) in [5.41, 5.74) is 4.18. The second-order valence-electron chi connectivity index (χ2n) is 5.65. The Balaban J connectivity index is 2.12. The van der Waals surface area contributed by atoms with E-state index in [-0.39, 0.29) is 5.91 Å². The molecule has 2 aromatic rings. The summed E-state index contributed by atoms with van der Waals surface area (Å²) < 4.78 is 5.90. The van der Waals surface area contributed by atoms with Gasteiger partial charge in [0.2, 0.25) is 0 Å². The number of carbonyl (C=O) groups is 1. The lowest BCUT2D eigenvalue weighted by molar-refractivity contribution is -0.122. The Morgan fingerprint density at radius 1 is 1.17 bits per heavy atom. The molecule has 0 spiro atoms. The Morgan fingerprint density at radius 3 is 2.57 bits per heavy atom. The quantitative estimate of drug-likeness (QED) is 0.805. The number of anilines is 1. The Bertz CT molecular complexity index is 713. The Kier molecular flexibility index (Phi) is 5.72. The van der Waals surface area contributed by atoms with Crippen LogP contribution in [0.5, 0.6) is 5.75 Å². The highest BCUT2D eigenvalue weighted by atomic mass is 32.2. The van der Waals surface area contributed by atoms with Crippen LogP contribution in [0.1, 0.15) is 23.6 Å². The van der Waals surface area contributed by atoms with Crippen molar-refractivity contribution < 1.29 is 9.53 Å². The first-order chi connectivity index (χ1) is 10.9. The predicted molar refractivity (Wildman–Crippen MR) is 97.6 cm³/mol. The molecular weight excluding hydrogens is 306 g/mol. The summed E-state index contributed by atoms with van der Waals surface area (Å²) in [6, 6.07) is 11.8. The van der Waals surface area contributed by atoms with E-state index in [1.54, 1.807) is 18.7 Å². The van der Waals surface area contributed by atoms with E-state index in [2.05, 4.69) is 18.3 Å². The highest BCUT2D eigenvalue weighted by molar-refractivity contribution is 7.98. The van der Waals surface area contributed by atoms with E-state index in [4.69, 9.17) is 4.74 Å². The van der Waals surface area contributed by atoms with Gasteiger partial charge in [-0.05, 0) is 68.8 Å². The third-order valence-corrected chi connectivity index (χ3v) is 4.60. The first-order valence-corrected chi connectivity index (χ1v) is 8.83. The van der Waals surface area contributed by atoms with Crippen molar-refractivity contribution in [2.45, 2.75) is 38.7 Å². The van der Waals surface area contributed by atoms with E-state index in [0.717, 1.165) is 27.5 Å². The number of nitrogens with one attached hydrogen (secondary N) is 1. The second-order valence-corrected chi connectivity index (χ2v) is 6.50. The molecule has 1 atom stereocenters. The Morgan fingerprint density at radius 2 is 1.87 bits per heavy atom. The fourth-order valence-electron chi connectivity index (χ4n) is 2.35. The standard InChI is InChI=1S/C19H23NO2S/c1-12-10-13(2)14(3)17(11-12)22-15(4)19(21)20-16-8-6-7-9-18(16)23-5/h6-11,15H,1-5H3,(H,20,21)/t15-/m1/s1. The molecule has 0 bridgehead atoms. The van der Waals surface area contributed by atoms with Gasteiger partial charge in [0, 0.05) is 4.90 Å². The number of thioether (sulfide) groups is 1. The first-order valence-electron chi connectivity index (χ1n) is 7.60. The highest BCUT2D eigenvalue weighted by Gasteiger charge is 2.17. The number of hydrogen-bond acceptors (Lipinski definition) is 3. The first kappa shape index (κ1) is 17.4. The largest absolute Gasteiger partial charge is 0.481 e. The van der Waals surface area contributed by atoms with Crippen LogP contribution in [0.4, 0.5) is 5.69 Å². The van der Waals surface area contributed by atoms with Crippen LogP contribution in [-0.2, 0) is 4.79 Å². The van der Waals surface area contributed by atoms with E-state index in [1.165, 1.54) is 5.56 Å². The lowest BCUT2D eigenvalue weighted by Gasteiger charge is -2.18. The Hall–Kier alpha value is -1.94. The van der Waals surface area contributed by atoms with E-state index in [1.807, 2.05) is 50.4 Å². The van der Waals surface area contributed by atoms with E-state index in [9.17, 15) is 4.79 Å². The van der Waals surface area contributed by atoms with Gasteiger partial charge >= 0.3 is 0 Å². The molecule has 0 saturated heterocycles. The van der Waals surface area contributed by atoms with Crippen molar-refractivity contribution in [2.24, 2.45) is 0 Å². The average molecular weight is 329 g/mol. The van der Waals surface area contributed by atoms with Gasteiger partial charge < -0.3 is 10.1 Å². The normalized spacial score (nSPS) is 11.9. The summed E-state index contributed by atoms with van der Waals surface area (Å²) in [5.74, 6) is 0.619. The predicted octanol–water partition coefficient (Wildman–Crippen LogP) is 4.74. The third kappa shape index (κ3) is 4.29. The number of benzene rings is 2. The third-order valence-electron chi connectivity index (χ3n) is 3.80. The Labute approximate surface area is 142 Å². The second kappa shape index (κ2) is 7.55. The summed E-state index contributed by atoms with van der Waals surface area (Å²) in [4.78, 5) is 13.5. The van der Waals surface area contributed by atoms with Crippen molar-refractivity contribution in [3.63, 3.8) is 0 Å². The van der Waals surface area contributed by atoms with Crippen molar-refractivity contribution in [2.75, 3.05) is 11.6 Å². The molecule has 1 N–H and O–H groups in total. The molecule has 0 aromatic heterocycles. The maximum Gasteiger partial charge on any atom is 0.265 e. The van der Waals surface area contributed by atoms with Gasteiger partial charge in [0.15, 0.2) is 6.10 Å². The number of rotatable bonds is 5. The molecule has 0 fully saturated rings. The van der Waals surface area contributed by atoms with Gasteiger partial charge in [-0.25, -0.2) is 0 Å². The number of hydrogen-bond donors (Lipinski definition) is 1. The minimum Gasteiger partial charge on any atom is -0.481 e. The van der Waals surface area contributed by atoms with E-state index >= 15 is 0 Å². The molecule has 0 aliphatic carbocycles. The zero-order valence-corrected chi connectivity index (χ0v) is 15.1. The smallest absolute Gasteiger partial charge is 0.265 e. The monoisotopic (exact) mass is 329 g/mol. The molecule has 0 aliphatic heterocycles. The van der Waals surface area contributed by atoms with Crippen LogP contribution < -0.4 is 10.1 Å². The number of ether oxygens (including phenoxy) is 1. The van der Waals surface area contributed by atoms with Gasteiger partial charge in [0.05, 0.1) is 5.69 Å². The highest BCUT2D eigenvalue weighted by Crippen LogP contribution is 2.26. The van der Waals surface area contributed by atoms with Gasteiger partial charge in [-0.2, -0.15) is 0 Å². The van der Waals surface area contributed by atoms with Gasteiger partial charge in [-0.1, -0.05) is 18.2 Å². The molecule has 0 heterocycles. The molecule has 4 heteroatoms. The van der Waals surface area contributed by atoms with E-state index in [0.29, 0.717) is 0 Å². The molecule has 122 valence electrons. The van der Waals surface area contributed by atoms with Gasteiger partial charge in [0.25, 0.3) is 5.91 Å². The maximum absolute atomic E-state index is 12.4. The van der Waals surface area contributed by atoms with Crippen molar-refractivity contribution in [3.8, 4) is 5.75 Å². The van der Waals surface area contributed by atoms with Gasteiger partial charge in [0.1, 0.15) is 5.75 Å². The summed E-state index contributed by atoms with van der Waals surface area (Å²) in [5, 5.41) is 2.95. The lowest BCUT2D eigenvalue weighted by atomic mass is 10.1. The molecule has 2 aromatic carbocycles. The molecule has 0 saturated carbocycles. The fourth-order valence-corrected chi connectivity index (χ4v) is 2.90. The van der Waals surface area contributed by atoms with Crippen molar-refractivity contribution in [3.05, 3.63) is 53.1 Å². The van der Waals surface area contributed by atoms with Crippen LogP contribution in [0.3, 0.4) is 0 Å². The molecule has 2 rings (SSSR count). The maximum atomic E-state index is 12.4. The SMILES string of the molecule is CSc1ccccc1NC(=O)[C@@H](C)Oc1cc(C)cc(C)c1C. The number of carbonyl (C=O) groups excluding carboxylic acids is 1. The fraction of sp³-hybridized carbons (Fsp3) is 0.316. The van der Waals surface area contributed by atoms with Crippen molar-refractivity contribution >= 4 is 23.4 Å². The van der Waals surface area contributed by atoms with Crippen molar-refractivity contribution in [1.82, 2.24) is 0 Å². The van der Waals surface area contributed by atoms with Crippen LogP contribution >= 0.6 is 11.8 Å². The van der Waals surface area contributed by atoms with Crippen LogP contribution in [0.25, 0.3) is 0 Å². The van der Waals surface area contributed by atoms with Crippen LogP contribution in [0, 0.1) is 20.8 Å². The van der Waals surface area contributed by atoms with Gasteiger partial charge in [-0.3, -0.25) is 4.79 Å². The molecule has 0 aliphatic rings. The number of para-hydroxylation sites is 1. The number of aryl methyl sites for hydroxylation is 2. The molecule has 1 amide bonds. The zero-order chi connectivity index (χ0) is 17.0. The topological polar surface area (TPSA) is 38.3 Å². The summed E-state index contributed by atoms with van der Waals surface area (Å²) in [6.07, 6.45) is 1.42. The lowest BCUT2D eigenvalue weighted by Crippen LogP contribution is -2.30. The van der Waals surface area contributed by atoms with Crippen LogP contribution in [0.2, 0.25) is 0 Å². The van der Waals surface area contributed by atoms with Crippen LogP contribution in [-0.4, -0.2) is 18.3 Å². The molecule has 0 radical (unpaired) electrons. The van der Waals surface area contributed by atoms with Crippen molar-refractivity contribution in [1.29, 1.82) is 0 Å². The number of amides is 1. The van der Waals surface area contributed by atoms with Crippen LogP contribution in [0.15, 0.2) is 41.3 Å². The van der Waals surface area contributed by atoms with E-state index < -0.39 is 6.10 Å². The minimum atomic E-state index is -0.565. The molecule has 3 nitrogen and oxygen atoms in total. The zero-order valence-electron chi connectivity index (χ0n) is 14.3. The summed E-state index contributed by atoms with van der Waals surface area (Å²) >= 11 is 1.60. The molecule has 0 unspecified atom stereocenters. The van der Waals surface area contributed by atoms with Gasteiger partial charge in [-0.15, -0.1) is 11.8 Å². The summed E-state index contributed by atoms with van der Waals surface area (Å²) in [7, 11) is 0.